The highest BCUT2D eigenvalue weighted by molar-refractivity contribution is 5.94. The number of carbonyl (C=O) groups excluding carboxylic acids is 2. The van der Waals surface area contributed by atoms with Crippen molar-refractivity contribution in [2.75, 3.05) is 32.1 Å². The summed E-state index contributed by atoms with van der Waals surface area (Å²) in [5.74, 6) is 1.07. The quantitative estimate of drug-likeness (QED) is 0.773. The van der Waals surface area contributed by atoms with E-state index in [9.17, 15) is 9.59 Å². The summed E-state index contributed by atoms with van der Waals surface area (Å²) in [6.45, 7) is 2.51. The van der Waals surface area contributed by atoms with Crippen LogP contribution in [0.3, 0.4) is 0 Å². The van der Waals surface area contributed by atoms with E-state index in [0.29, 0.717) is 31.9 Å². The summed E-state index contributed by atoms with van der Waals surface area (Å²) in [4.78, 5) is 25.6. The van der Waals surface area contributed by atoms with Gasteiger partial charge in [0.05, 0.1) is 6.61 Å². The molecule has 1 saturated heterocycles. The standard InChI is InChI=1S/C19H27N3O3/c1-22(15-8-10-20-11-9-15)19(24)3-2-12-25-16-5-6-17-14(13-16)4-7-18(23)21-17/h5-6,13,15,20H,2-4,7-12H2,1H3,(H,21,23). The number of ether oxygens (including phenoxy) is 1. The van der Waals surface area contributed by atoms with Crippen LogP contribution in [0.15, 0.2) is 18.2 Å². The molecule has 2 aliphatic rings. The average molecular weight is 345 g/mol. The lowest BCUT2D eigenvalue weighted by Crippen LogP contribution is -2.43. The fourth-order valence-electron chi connectivity index (χ4n) is 3.44. The van der Waals surface area contributed by atoms with Gasteiger partial charge in [-0.05, 0) is 62.5 Å². The first-order valence-corrected chi connectivity index (χ1v) is 9.15. The summed E-state index contributed by atoms with van der Waals surface area (Å²) in [5.41, 5.74) is 1.99. The Balaban J connectivity index is 1.41. The Hall–Kier alpha value is -2.08. The van der Waals surface area contributed by atoms with Crippen LogP contribution in [0.4, 0.5) is 5.69 Å². The van der Waals surface area contributed by atoms with Crippen molar-refractivity contribution in [3.05, 3.63) is 23.8 Å². The molecule has 1 fully saturated rings. The largest absolute Gasteiger partial charge is 0.494 e. The average Bonchev–Trinajstić information content (AvgIpc) is 2.65. The molecule has 0 spiro atoms. The molecule has 0 bridgehead atoms. The minimum atomic E-state index is 0.0672. The smallest absolute Gasteiger partial charge is 0.224 e. The number of fused-ring (bicyclic) bond motifs is 1. The number of rotatable bonds is 6. The molecule has 6 nitrogen and oxygen atoms in total. The lowest BCUT2D eigenvalue weighted by Gasteiger charge is -2.31. The van der Waals surface area contributed by atoms with E-state index >= 15 is 0 Å². The maximum atomic E-state index is 12.3. The van der Waals surface area contributed by atoms with Crippen molar-refractivity contribution in [1.29, 1.82) is 0 Å². The number of hydrogen-bond donors (Lipinski definition) is 2. The number of piperidine rings is 1. The number of benzene rings is 1. The second-order valence-corrected chi connectivity index (χ2v) is 6.80. The third kappa shape index (κ3) is 4.72. The van der Waals surface area contributed by atoms with E-state index in [1.165, 1.54) is 0 Å². The molecule has 0 aliphatic carbocycles. The molecule has 0 atom stereocenters. The predicted octanol–water partition coefficient (Wildman–Crippen LogP) is 1.94. The second kappa shape index (κ2) is 8.34. The highest BCUT2D eigenvalue weighted by Gasteiger charge is 2.21. The van der Waals surface area contributed by atoms with Gasteiger partial charge in [0.15, 0.2) is 0 Å². The van der Waals surface area contributed by atoms with Crippen LogP contribution >= 0.6 is 0 Å². The number of aryl methyl sites for hydroxylation is 1. The molecule has 6 heteroatoms. The van der Waals surface area contributed by atoms with E-state index in [2.05, 4.69) is 10.6 Å². The van der Waals surface area contributed by atoms with Gasteiger partial charge < -0.3 is 20.3 Å². The summed E-state index contributed by atoms with van der Waals surface area (Å²) in [7, 11) is 1.91. The number of nitrogens with one attached hydrogen (secondary N) is 2. The van der Waals surface area contributed by atoms with Crippen LogP contribution in [0.1, 0.15) is 37.7 Å². The van der Waals surface area contributed by atoms with Crippen LogP contribution in [0.5, 0.6) is 5.75 Å². The predicted molar refractivity (Wildman–Crippen MR) is 96.8 cm³/mol. The Morgan fingerprint density at radius 3 is 2.88 bits per heavy atom. The molecule has 0 unspecified atom stereocenters. The van der Waals surface area contributed by atoms with Gasteiger partial charge in [0.1, 0.15) is 5.75 Å². The van der Waals surface area contributed by atoms with Crippen molar-refractivity contribution in [2.24, 2.45) is 0 Å². The zero-order valence-corrected chi connectivity index (χ0v) is 14.8. The molecule has 1 aromatic carbocycles. The van der Waals surface area contributed by atoms with Crippen molar-refractivity contribution in [3.8, 4) is 5.75 Å². The molecule has 2 aliphatic heterocycles. The van der Waals surface area contributed by atoms with Gasteiger partial charge in [0.2, 0.25) is 11.8 Å². The van der Waals surface area contributed by atoms with Crippen molar-refractivity contribution < 1.29 is 14.3 Å². The molecule has 1 aromatic rings. The SMILES string of the molecule is CN(C(=O)CCCOc1ccc2c(c1)CCC(=O)N2)C1CCNCC1. The van der Waals surface area contributed by atoms with E-state index in [4.69, 9.17) is 4.74 Å². The summed E-state index contributed by atoms with van der Waals surface area (Å²) in [6.07, 6.45) is 4.56. The third-order valence-electron chi connectivity index (χ3n) is 5.03. The Morgan fingerprint density at radius 2 is 2.08 bits per heavy atom. The van der Waals surface area contributed by atoms with Gasteiger partial charge in [-0.2, -0.15) is 0 Å². The first-order valence-electron chi connectivity index (χ1n) is 9.15. The van der Waals surface area contributed by atoms with E-state index in [1.54, 1.807) is 0 Å². The molecule has 2 heterocycles. The summed E-state index contributed by atoms with van der Waals surface area (Å²) < 4.78 is 5.78. The Bertz CT molecular complexity index is 626. The summed E-state index contributed by atoms with van der Waals surface area (Å²) in [5, 5.41) is 6.19. The lowest BCUT2D eigenvalue weighted by atomic mass is 10.0. The molecule has 0 saturated carbocycles. The van der Waals surface area contributed by atoms with Crippen molar-refractivity contribution in [3.63, 3.8) is 0 Å². The molecular formula is C19H27N3O3. The van der Waals surface area contributed by atoms with Gasteiger partial charge in [-0.3, -0.25) is 9.59 Å². The van der Waals surface area contributed by atoms with Crippen LogP contribution in [0.25, 0.3) is 0 Å². The third-order valence-corrected chi connectivity index (χ3v) is 5.03. The van der Waals surface area contributed by atoms with Crippen LogP contribution in [0, 0.1) is 0 Å². The highest BCUT2D eigenvalue weighted by Crippen LogP contribution is 2.26. The van der Waals surface area contributed by atoms with Crippen molar-refractivity contribution >= 4 is 17.5 Å². The molecule has 2 N–H and O–H groups in total. The Morgan fingerprint density at radius 1 is 1.28 bits per heavy atom. The lowest BCUT2D eigenvalue weighted by molar-refractivity contribution is -0.132. The number of hydrogen-bond acceptors (Lipinski definition) is 4. The number of nitrogens with zero attached hydrogens (tertiary/aromatic N) is 1. The van der Waals surface area contributed by atoms with E-state index in [1.807, 2.05) is 30.1 Å². The topological polar surface area (TPSA) is 70.7 Å². The molecule has 3 rings (SSSR count). The number of anilines is 1. The molecular weight excluding hydrogens is 318 g/mol. The van der Waals surface area contributed by atoms with Gasteiger partial charge in [-0.25, -0.2) is 0 Å². The minimum absolute atomic E-state index is 0.0672. The number of amides is 2. The number of carbonyl (C=O) groups is 2. The van der Waals surface area contributed by atoms with Crippen LogP contribution in [0.2, 0.25) is 0 Å². The Labute approximate surface area is 148 Å². The Kier molecular flexibility index (Phi) is 5.91. The maximum Gasteiger partial charge on any atom is 0.224 e. The highest BCUT2D eigenvalue weighted by atomic mass is 16.5. The van der Waals surface area contributed by atoms with Crippen LogP contribution < -0.4 is 15.4 Å². The van der Waals surface area contributed by atoms with E-state index in [-0.39, 0.29) is 11.8 Å². The van der Waals surface area contributed by atoms with Gasteiger partial charge in [0.25, 0.3) is 0 Å². The van der Waals surface area contributed by atoms with Crippen molar-refractivity contribution in [1.82, 2.24) is 10.2 Å². The normalized spacial score (nSPS) is 17.6. The molecule has 25 heavy (non-hydrogen) atoms. The minimum Gasteiger partial charge on any atom is -0.494 e. The fraction of sp³-hybridized carbons (Fsp3) is 0.579. The van der Waals surface area contributed by atoms with E-state index in [0.717, 1.165) is 49.4 Å². The van der Waals surface area contributed by atoms with Gasteiger partial charge >= 0.3 is 0 Å². The zero-order chi connectivity index (χ0) is 17.6. The first kappa shape index (κ1) is 17.7. The zero-order valence-electron chi connectivity index (χ0n) is 14.8. The fourth-order valence-corrected chi connectivity index (χ4v) is 3.44. The van der Waals surface area contributed by atoms with Crippen LogP contribution in [-0.2, 0) is 16.0 Å². The summed E-state index contributed by atoms with van der Waals surface area (Å²) in [6, 6.07) is 6.11. The molecule has 136 valence electrons. The second-order valence-electron chi connectivity index (χ2n) is 6.80. The van der Waals surface area contributed by atoms with Crippen molar-refractivity contribution in [2.45, 2.75) is 44.6 Å². The molecule has 0 radical (unpaired) electrons. The van der Waals surface area contributed by atoms with Gasteiger partial charge in [0, 0.05) is 31.6 Å². The molecule has 0 aromatic heterocycles. The van der Waals surface area contributed by atoms with Crippen LogP contribution in [-0.4, -0.2) is 49.5 Å². The monoisotopic (exact) mass is 345 g/mol. The van der Waals surface area contributed by atoms with Gasteiger partial charge in [-0.15, -0.1) is 0 Å². The summed E-state index contributed by atoms with van der Waals surface area (Å²) >= 11 is 0. The first-order chi connectivity index (χ1) is 12.1. The maximum absolute atomic E-state index is 12.3. The molecule has 2 amide bonds. The van der Waals surface area contributed by atoms with E-state index < -0.39 is 0 Å². The van der Waals surface area contributed by atoms with Gasteiger partial charge in [-0.1, -0.05) is 0 Å².